The van der Waals surface area contributed by atoms with Gasteiger partial charge in [0.25, 0.3) is 0 Å². The summed E-state index contributed by atoms with van der Waals surface area (Å²) in [6, 6.07) is 15.9. The van der Waals surface area contributed by atoms with Crippen LogP contribution in [0.1, 0.15) is 35.7 Å². The van der Waals surface area contributed by atoms with E-state index in [-0.39, 0.29) is 6.04 Å². The largest absolute Gasteiger partial charge is 0.474 e. The summed E-state index contributed by atoms with van der Waals surface area (Å²) in [5.74, 6) is 2.04. The lowest BCUT2D eigenvalue weighted by Crippen LogP contribution is -2.13. The summed E-state index contributed by atoms with van der Waals surface area (Å²) < 4.78 is 15.8. The zero-order valence-corrected chi connectivity index (χ0v) is 18.7. The second-order valence-corrected chi connectivity index (χ2v) is 8.34. The number of fused-ring (bicyclic) bond motifs is 5. The van der Waals surface area contributed by atoms with Crippen LogP contribution in [-0.4, -0.2) is 43.4 Å². The van der Waals surface area contributed by atoms with Gasteiger partial charge in [-0.2, -0.15) is 0 Å². The van der Waals surface area contributed by atoms with Crippen molar-refractivity contribution < 1.29 is 9.47 Å². The van der Waals surface area contributed by atoms with Gasteiger partial charge in [-0.15, -0.1) is 10.2 Å². The molecule has 0 saturated carbocycles. The van der Waals surface area contributed by atoms with Crippen LogP contribution in [0.4, 0.5) is 0 Å². The summed E-state index contributed by atoms with van der Waals surface area (Å²) in [5, 5.41) is 9.50. The van der Waals surface area contributed by atoms with E-state index in [9.17, 15) is 0 Å². The minimum absolute atomic E-state index is 0.0468. The zero-order valence-electron chi connectivity index (χ0n) is 18.0. The maximum absolute atomic E-state index is 6.35. The van der Waals surface area contributed by atoms with Crippen LogP contribution < -0.4 is 0 Å². The highest BCUT2D eigenvalue weighted by atomic mass is 35.5. The molecule has 0 N–H and O–H groups in total. The number of rotatable bonds is 5. The summed E-state index contributed by atoms with van der Waals surface area (Å²) >= 11 is 6.35. The molecule has 2 aliphatic heterocycles. The molecule has 2 aromatic carbocycles. The number of nitrogens with zero attached hydrogens (tertiary/aromatic N) is 6. The van der Waals surface area contributed by atoms with Crippen molar-refractivity contribution >= 4 is 17.5 Å². The quantitative estimate of drug-likeness (QED) is 0.392. The second-order valence-electron chi connectivity index (χ2n) is 7.91. The molecule has 6 rings (SSSR count). The Morgan fingerprint density at radius 1 is 1.15 bits per heavy atom. The molecular weight excluding hydrogens is 440 g/mol. The second kappa shape index (κ2) is 8.13. The third-order valence-corrected chi connectivity index (χ3v) is 6.17. The van der Waals surface area contributed by atoms with E-state index in [0.29, 0.717) is 37.3 Å². The van der Waals surface area contributed by atoms with Crippen LogP contribution in [0.25, 0.3) is 17.1 Å². The Morgan fingerprint density at radius 2 is 2.03 bits per heavy atom. The molecule has 9 heteroatoms. The monoisotopic (exact) mass is 460 g/mol. The van der Waals surface area contributed by atoms with Crippen LogP contribution in [0.3, 0.4) is 0 Å². The minimum atomic E-state index is -0.0468. The number of hydrogen-bond acceptors (Lipinski definition) is 6. The lowest BCUT2D eigenvalue weighted by atomic mass is 10.1. The van der Waals surface area contributed by atoms with Crippen molar-refractivity contribution in [3.05, 3.63) is 82.7 Å². The highest BCUT2D eigenvalue weighted by Gasteiger charge is 2.30. The van der Waals surface area contributed by atoms with Gasteiger partial charge in [0.2, 0.25) is 5.90 Å². The number of benzene rings is 2. The number of halogens is 1. The van der Waals surface area contributed by atoms with Crippen molar-refractivity contribution in [2.45, 2.75) is 26.1 Å². The van der Waals surface area contributed by atoms with E-state index in [2.05, 4.69) is 31.5 Å². The third kappa shape index (κ3) is 3.42. The van der Waals surface area contributed by atoms with Gasteiger partial charge in [0.1, 0.15) is 31.3 Å². The van der Waals surface area contributed by atoms with Gasteiger partial charge in [-0.3, -0.25) is 4.57 Å². The predicted molar refractivity (Wildman–Crippen MR) is 124 cm³/mol. The zero-order chi connectivity index (χ0) is 22.4. The van der Waals surface area contributed by atoms with Crippen molar-refractivity contribution in [3.63, 3.8) is 0 Å². The first kappa shape index (κ1) is 20.1. The molecule has 0 bridgehead atoms. The van der Waals surface area contributed by atoms with Crippen molar-refractivity contribution in [2.75, 3.05) is 13.2 Å². The predicted octanol–water partition coefficient (Wildman–Crippen LogP) is 4.20. The number of aliphatic imine (C=N–C) groups is 1. The molecule has 0 fully saturated rings. The average Bonchev–Trinajstić information content (AvgIpc) is 3.56. The van der Waals surface area contributed by atoms with Crippen molar-refractivity contribution in [1.82, 2.24) is 24.3 Å². The Hall–Kier alpha value is -3.49. The SMILES string of the molecule is CCOCc1nnc2n1Cc1c(C3=N[C@H](c4ccccc4)CO3)ncn1-c1ccc(Cl)cc1-2. The van der Waals surface area contributed by atoms with E-state index >= 15 is 0 Å². The molecule has 0 aliphatic carbocycles. The van der Waals surface area contributed by atoms with Gasteiger partial charge in [0, 0.05) is 17.2 Å². The lowest BCUT2D eigenvalue weighted by molar-refractivity contribution is 0.125. The van der Waals surface area contributed by atoms with Crippen LogP contribution >= 0.6 is 11.6 Å². The van der Waals surface area contributed by atoms with E-state index in [0.717, 1.165) is 39.9 Å². The van der Waals surface area contributed by atoms with Gasteiger partial charge in [0.15, 0.2) is 11.6 Å². The van der Waals surface area contributed by atoms with Gasteiger partial charge in [-0.1, -0.05) is 41.9 Å². The Bertz CT molecular complexity index is 1360. The van der Waals surface area contributed by atoms with Gasteiger partial charge in [-0.05, 0) is 30.7 Å². The summed E-state index contributed by atoms with van der Waals surface area (Å²) in [7, 11) is 0. The maximum atomic E-state index is 6.35. The standard InChI is InChI=1S/C24H21ClN6O2/c1-2-32-13-21-28-29-23-17-10-16(25)8-9-19(17)31-14-26-22(20(31)11-30(21)23)24-27-18(12-33-24)15-6-4-3-5-7-15/h3-10,14,18H,2,11-13H2,1H3/t18-/m0/s1. The molecule has 2 aromatic heterocycles. The fraction of sp³-hybridized carbons (Fsp3) is 0.250. The van der Waals surface area contributed by atoms with E-state index in [4.69, 9.17) is 31.1 Å². The highest BCUT2D eigenvalue weighted by Crippen LogP contribution is 2.35. The normalized spacial score (nSPS) is 16.4. The van der Waals surface area contributed by atoms with Crippen LogP contribution in [0.15, 0.2) is 59.9 Å². The average molecular weight is 461 g/mol. The summed E-state index contributed by atoms with van der Waals surface area (Å²) in [4.78, 5) is 9.57. The molecule has 1 atom stereocenters. The van der Waals surface area contributed by atoms with Gasteiger partial charge >= 0.3 is 0 Å². The fourth-order valence-corrected chi connectivity index (χ4v) is 4.48. The molecule has 4 heterocycles. The van der Waals surface area contributed by atoms with Crippen LogP contribution in [0, 0.1) is 0 Å². The maximum Gasteiger partial charge on any atom is 0.238 e. The van der Waals surface area contributed by atoms with E-state index in [1.165, 1.54) is 0 Å². The van der Waals surface area contributed by atoms with Crippen molar-refractivity contribution in [2.24, 2.45) is 4.99 Å². The van der Waals surface area contributed by atoms with Crippen LogP contribution in [0.2, 0.25) is 5.02 Å². The van der Waals surface area contributed by atoms with Gasteiger partial charge < -0.3 is 14.0 Å². The van der Waals surface area contributed by atoms with Gasteiger partial charge in [0.05, 0.1) is 17.9 Å². The highest BCUT2D eigenvalue weighted by molar-refractivity contribution is 6.31. The number of aromatic nitrogens is 5. The molecular formula is C24H21ClN6O2. The Labute approximate surface area is 195 Å². The fourth-order valence-electron chi connectivity index (χ4n) is 4.31. The Kier molecular flexibility index (Phi) is 4.96. The molecule has 0 amide bonds. The number of hydrogen-bond donors (Lipinski definition) is 0. The molecule has 8 nitrogen and oxygen atoms in total. The summed E-state index contributed by atoms with van der Waals surface area (Å²) in [5.41, 5.74) is 4.61. The molecule has 4 aromatic rings. The molecule has 0 unspecified atom stereocenters. The summed E-state index contributed by atoms with van der Waals surface area (Å²) in [6.07, 6.45) is 1.81. The molecule has 0 spiro atoms. The van der Waals surface area contributed by atoms with E-state index in [1.54, 1.807) is 6.33 Å². The molecule has 0 saturated heterocycles. The van der Waals surface area contributed by atoms with Gasteiger partial charge in [-0.25, -0.2) is 9.98 Å². The number of imidazole rings is 1. The van der Waals surface area contributed by atoms with E-state index in [1.807, 2.05) is 43.3 Å². The van der Waals surface area contributed by atoms with Crippen LogP contribution in [-0.2, 0) is 22.6 Å². The summed E-state index contributed by atoms with van der Waals surface area (Å²) in [6.45, 7) is 3.92. The molecule has 2 aliphatic rings. The number of ether oxygens (including phenoxy) is 2. The molecule has 33 heavy (non-hydrogen) atoms. The first-order chi connectivity index (χ1) is 16.2. The Morgan fingerprint density at radius 3 is 2.88 bits per heavy atom. The third-order valence-electron chi connectivity index (χ3n) is 5.93. The van der Waals surface area contributed by atoms with Crippen molar-refractivity contribution in [1.29, 1.82) is 0 Å². The van der Waals surface area contributed by atoms with Crippen LogP contribution in [0.5, 0.6) is 0 Å². The lowest BCUT2D eigenvalue weighted by Gasteiger charge is -2.09. The molecule has 0 radical (unpaired) electrons. The van der Waals surface area contributed by atoms with E-state index < -0.39 is 0 Å². The smallest absolute Gasteiger partial charge is 0.238 e. The minimum Gasteiger partial charge on any atom is -0.474 e. The first-order valence-electron chi connectivity index (χ1n) is 10.8. The van der Waals surface area contributed by atoms with Crippen molar-refractivity contribution in [3.8, 4) is 17.1 Å². The topological polar surface area (TPSA) is 79.3 Å². The Balaban J connectivity index is 1.47. The first-order valence-corrected chi connectivity index (χ1v) is 11.2. The molecule has 166 valence electrons.